The molecular weight excluding hydrogens is 392 g/mol. The molecule has 0 spiro atoms. The minimum Gasteiger partial charge on any atom is -0.459 e. The molecule has 2 aromatic heterocycles. The Labute approximate surface area is 179 Å². The Hall–Kier alpha value is -3.45. The fraction of sp³-hybridized carbons (Fsp3) is 0.292. The smallest absolute Gasteiger partial charge is 0.344 e. The van der Waals surface area contributed by atoms with E-state index in [-0.39, 0.29) is 24.1 Å². The molecule has 0 radical (unpaired) electrons. The molecule has 1 aliphatic heterocycles. The lowest BCUT2D eigenvalue weighted by molar-refractivity contribution is 0.0163. The zero-order valence-corrected chi connectivity index (χ0v) is 17.4. The number of para-hydroxylation sites is 2. The predicted molar refractivity (Wildman–Crippen MR) is 119 cm³/mol. The van der Waals surface area contributed by atoms with Gasteiger partial charge in [-0.3, -0.25) is 4.57 Å². The van der Waals surface area contributed by atoms with Crippen molar-refractivity contribution < 1.29 is 14.3 Å². The van der Waals surface area contributed by atoms with E-state index >= 15 is 0 Å². The lowest BCUT2D eigenvalue weighted by atomic mass is 10.1. The summed E-state index contributed by atoms with van der Waals surface area (Å²) >= 11 is 0. The average molecular weight is 416 g/mol. The van der Waals surface area contributed by atoms with E-state index in [1.807, 2.05) is 48.5 Å². The highest BCUT2D eigenvalue weighted by Crippen LogP contribution is 2.31. The number of carbonyl (C=O) groups excluding carboxylic acids is 1. The van der Waals surface area contributed by atoms with Crippen LogP contribution in [0, 0.1) is 0 Å². The number of rotatable bonds is 5. The summed E-state index contributed by atoms with van der Waals surface area (Å²) in [5, 5.41) is 0. The molecule has 1 aliphatic rings. The molecule has 2 aromatic carbocycles. The van der Waals surface area contributed by atoms with E-state index in [0.29, 0.717) is 23.3 Å². The largest absolute Gasteiger partial charge is 0.459 e. The second-order valence-electron chi connectivity index (χ2n) is 7.73. The molecule has 3 heterocycles. The molecular formula is C24H24N4O3. The quantitative estimate of drug-likeness (QED) is 0.494. The highest BCUT2D eigenvalue weighted by atomic mass is 16.6. The first-order valence-electron chi connectivity index (χ1n) is 10.6. The molecule has 4 aromatic rings. The first kappa shape index (κ1) is 19.5. The van der Waals surface area contributed by atoms with E-state index in [2.05, 4.69) is 6.92 Å². The summed E-state index contributed by atoms with van der Waals surface area (Å²) in [5.41, 5.74) is 11.2. The van der Waals surface area contributed by atoms with Crippen molar-refractivity contribution in [3.8, 4) is 5.69 Å². The number of hydrogen-bond acceptors (Lipinski definition) is 6. The minimum atomic E-state index is -0.508. The summed E-state index contributed by atoms with van der Waals surface area (Å²) in [7, 11) is 0. The Morgan fingerprint density at radius 2 is 1.90 bits per heavy atom. The van der Waals surface area contributed by atoms with Gasteiger partial charge in [0, 0.05) is 12.3 Å². The van der Waals surface area contributed by atoms with Gasteiger partial charge < -0.3 is 15.2 Å². The molecule has 7 heteroatoms. The van der Waals surface area contributed by atoms with Gasteiger partial charge in [0.25, 0.3) is 0 Å². The highest BCUT2D eigenvalue weighted by Gasteiger charge is 2.27. The summed E-state index contributed by atoms with van der Waals surface area (Å²) in [4.78, 5) is 22.6. The summed E-state index contributed by atoms with van der Waals surface area (Å²) in [5.74, 6) is -0.238. The molecule has 1 atom stereocenters. The number of esters is 1. The van der Waals surface area contributed by atoms with Gasteiger partial charge in [-0.25, -0.2) is 14.8 Å². The third-order valence-electron chi connectivity index (χ3n) is 5.73. The van der Waals surface area contributed by atoms with Crippen LogP contribution < -0.4 is 5.73 Å². The maximum Gasteiger partial charge on any atom is 0.344 e. The fourth-order valence-corrected chi connectivity index (χ4v) is 4.02. The van der Waals surface area contributed by atoms with Crippen molar-refractivity contribution in [2.75, 3.05) is 18.9 Å². The Morgan fingerprint density at radius 3 is 2.58 bits per heavy atom. The van der Waals surface area contributed by atoms with Gasteiger partial charge in [0.15, 0.2) is 5.65 Å². The van der Waals surface area contributed by atoms with Crippen LogP contribution in [0.25, 0.3) is 27.9 Å². The molecule has 0 aliphatic carbocycles. The van der Waals surface area contributed by atoms with E-state index in [0.717, 1.165) is 30.5 Å². The van der Waals surface area contributed by atoms with Gasteiger partial charge in [-0.2, -0.15) is 0 Å². The summed E-state index contributed by atoms with van der Waals surface area (Å²) in [6, 6.07) is 15.6. The van der Waals surface area contributed by atoms with E-state index in [1.54, 1.807) is 4.57 Å². The maximum atomic E-state index is 13.1. The van der Waals surface area contributed by atoms with E-state index < -0.39 is 5.97 Å². The second kappa shape index (κ2) is 8.00. The first-order valence-corrected chi connectivity index (χ1v) is 10.6. The fourth-order valence-electron chi connectivity index (χ4n) is 4.02. The number of nitrogens with two attached hydrogens (primary N) is 1. The number of nitrogens with zero attached hydrogens (tertiary/aromatic N) is 3. The van der Waals surface area contributed by atoms with E-state index in [1.165, 1.54) is 5.56 Å². The Balaban J connectivity index is 1.65. The molecule has 5 rings (SSSR count). The SMILES string of the molecule is CCc1ccc(-n2c(N)c(C(=O)OCC3CCCO3)c3nc4ccccc4nc32)cc1. The minimum absolute atomic E-state index is 0.0629. The lowest BCUT2D eigenvalue weighted by Crippen LogP contribution is -2.18. The molecule has 1 saturated heterocycles. The van der Waals surface area contributed by atoms with E-state index in [9.17, 15) is 4.79 Å². The van der Waals surface area contributed by atoms with Gasteiger partial charge in [0.1, 0.15) is 23.5 Å². The highest BCUT2D eigenvalue weighted by molar-refractivity contribution is 6.09. The zero-order chi connectivity index (χ0) is 21.4. The Bertz CT molecular complexity index is 1260. The zero-order valence-electron chi connectivity index (χ0n) is 17.4. The summed E-state index contributed by atoms with van der Waals surface area (Å²) in [6.07, 6.45) is 2.74. The van der Waals surface area contributed by atoms with Gasteiger partial charge in [-0.05, 0) is 49.1 Å². The number of ether oxygens (including phenoxy) is 2. The van der Waals surface area contributed by atoms with Crippen LogP contribution in [0.15, 0.2) is 48.5 Å². The number of aryl methyl sites for hydroxylation is 1. The monoisotopic (exact) mass is 416 g/mol. The van der Waals surface area contributed by atoms with Crippen LogP contribution in [0.2, 0.25) is 0 Å². The Morgan fingerprint density at radius 1 is 1.16 bits per heavy atom. The molecule has 2 N–H and O–H groups in total. The van der Waals surface area contributed by atoms with Crippen LogP contribution in [0.1, 0.15) is 35.7 Å². The topological polar surface area (TPSA) is 92.3 Å². The third-order valence-corrected chi connectivity index (χ3v) is 5.73. The number of aromatic nitrogens is 3. The molecule has 7 nitrogen and oxygen atoms in total. The van der Waals surface area contributed by atoms with Gasteiger partial charge in [-0.15, -0.1) is 0 Å². The molecule has 1 fully saturated rings. The number of benzene rings is 2. The van der Waals surface area contributed by atoms with Crippen LogP contribution >= 0.6 is 0 Å². The predicted octanol–water partition coefficient (Wildman–Crippen LogP) is 4.05. The first-order chi connectivity index (χ1) is 15.2. The Kier molecular flexibility index (Phi) is 5.03. The van der Waals surface area contributed by atoms with Crippen LogP contribution in [-0.4, -0.2) is 39.8 Å². The van der Waals surface area contributed by atoms with Crippen LogP contribution in [0.3, 0.4) is 0 Å². The molecule has 0 bridgehead atoms. The van der Waals surface area contributed by atoms with Gasteiger partial charge >= 0.3 is 5.97 Å². The molecule has 158 valence electrons. The third kappa shape index (κ3) is 3.51. The number of carbonyl (C=O) groups is 1. The van der Waals surface area contributed by atoms with Crippen LogP contribution in [-0.2, 0) is 15.9 Å². The number of anilines is 1. The van der Waals surface area contributed by atoms with Crippen molar-refractivity contribution >= 4 is 34.0 Å². The van der Waals surface area contributed by atoms with Gasteiger partial charge in [0.05, 0.1) is 17.1 Å². The molecule has 0 saturated carbocycles. The van der Waals surface area contributed by atoms with Crippen molar-refractivity contribution in [1.29, 1.82) is 0 Å². The van der Waals surface area contributed by atoms with Crippen LogP contribution in [0.4, 0.5) is 5.82 Å². The van der Waals surface area contributed by atoms with Crippen molar-refractivity contribution in [3.05, 3.63) is 59.7 Å². The number of nitrogen functional groups attached to an aromatic ring is 1. The molecule has 0 amide bonds. The lowest BCUT2D eigenvalue weighted by Gasteiger charge is -2.11. The van der Waals surface area contributed by atoms with Crippen molar-refractivity contribution in [3.63, 3.8) is 0 Å². The average Bonchev–Trinajstić information content (AvgIpc) is 3.41. The van der Waals surface area contributed by atoms with Crippen LogP contribution in [0.5, 0.6) is 0 Å². The standard InChI is InChI=1S/C24H24N4O3/c1-2-15-9-11-16(12-10-15)28-22(25)20(24(29)31-14-17-6-5-13-30-17)21-23(28)27-19-8-4-3-7-18(19)26-21/h3-4,7-12,17H,2,5-6,13-14,25H2,1H3. The number of hydrogen-bond donors (Lipinski definition) is 1. The maximum absolute atomic E-state index is 13.1. The molecule has 1 unspecified atom stereocenters. The normalized spacial score (nSPS) is 16.2. The van der Waals surface area contributed by atoms with E-state index in [4.69, 9.17) is 25.2 Å². The van der Waals surface area contributed by atoms with Gasteiger partial charge in [0.2, 0.25) is 0 Å². The second-order valence-corrected chi connectivity index (χ2v) is 7.73. The summed E-state index contributed by atoms with van der Waals surface area (Å²) < 4.78 is 12.9. The van der Waals surface area contributed by atoms with Crippen molar-refractivity contribution in [1.82, 2.24) is 14.5 Å². The van der Waals surface area contributed by atoms with Gasteiger partial charge in [-0.1, -0.05) is 31.2 Å². The van der Waals surface area contributed by atoms with Crippen molar-refractivity contribution in [2.24, 2.45) is 0 Å². The number of fused-ring (bicyclic) bond motifs is 2. The molecule has 31 heavy (non-hydrogen) atoms. The summed E-state index contributed by atoms with van der Waals surface area (Å²) in [6.45, 7) is 3.01. The van der Waals surface area contributed by atoms with Crippen molar-refractivity contribution in [2.45, 2.75) is 32.3 Å².